The molecule has 0 saturated heterocycles. The van der Waals surface area contributed by atoms with Crippen LogP contribution >= 0.6 is 11.3 Å². The molecule has 6 nitrogen and oxygen atoms in total. The smallest absolute Gasteiger partial charge is 0.270 e. The molecule has 0 bridgehead atoms. The highest BCUT2D eigenvalue weighted by atomic mass is 32.1. The molecule has 2 aromatic rings. The Bertz CT molecular complexity index is 751. The highest BCUT2D eigenvalue weighted by Gasteiger charge is 2.11. The average Bonchev–Trinajstić information content (AvgIpc) is 3.04. The molecule has 2 rings (SSSR count). The zero-order valence-corrected chi connectivity index (χ0v) is 16.4. The molecule has 0 unspecified atom stereocenters. The molecule has 7 heteroatoms. The van der Waals surface area contributed by atoms with Gasteiger partial charge in [-0.1, -0.05) is 19.9 Å². The second-order valence-electron chi connectivity index (χ2n) is 6.44. The second-order valence-corrected chi connectivity index (χ2v) is 7.38. The Morgan fingerprint density at radius 2 is 1.77 bits per heavy atom. The lowest BCUT2D eigenvalue weighted by molar-refractivity contribution is -0.123. The van der Waals surface area contributed by atoms with Gasteiger partial charge in [0.1, 0.15) is 23.1 Å². The van der Waals surface area contributed by atoms with Crippen LogP contribution in [0.2, 0.25) is 0 Å². The fourth-order valence-corrected chi connectivity index (χ4v) is 2.98. The maximum absolute atomic E-state index is 12.1. The molecule has 0 saturated carbocycles. The number of rotatable bonds is 8. The molecule has 0 radical (unpaired) electrons. The first-order valence-electron chi connectivity index (χ1n) is 8.56. The Balaban J connectivity index is 1.79. The third-order valence-corrected chi connectivity index (χ3v) is 4.40. The van der Waals surface area contributed by atoms with Crippen molar-refractivity contribution in [1.82, 2.24) is 15.6 Å². The molecular weight excluding hydrogens is 350 g/mol. The number of hydrogen-bond donors (Lipinski definition) is 2. The molecule has 0 aliphatic carbocycles. The molecule has 26 heavy (non-hydrogen) atoms. The molecule has 0 atom stereocenters. The SMILES string of the molecule is Cc1cc(C)cc(OCc2nc(C(=O)NCCNC(=O)C(C)C)cs2)c1. The van der Waals surface area contributed by atoms with Crippen LogP contribution < -0.4 is 15.4 Å². The van der Waals surface area contributed by atoms with Crippen LogP contribution in [-0.4, -0.2) is 29.9 Å². The molecule has 1 aromatic heterocycles. The van der Waals surface area contributed by atoms with Crippen LogP contribution in [0.1, 0.15) is 40.5 Å². The summed E-state index contributed by atoms with van der Waals surface area (Å²) in [6.07, 6.45) is 0. The Hall–Kier alpha value is -2.41. The van der Waals surface area contributed by atoms with Gasteiger partial charge in [-0.05, 0) is 37.1 Å². The second kappa shape index (κ2) is 9.33. The molecule has 0 fully saturated rings. The number of hydrogen-bond acceptors (Lipinski definition) is 5. The van der Waals surface area contributed by atoms with Gasteiger partial charge in [0.25, 0.3) is 5.91 Å². The van der Waals surface area contributed by atoms with Crippen molar-refractivity contribution in [3.63, 3.8) is 0 Å². The largest absolute Gasteiger partial charge is 0.486 e. The normalized spacial score (nSPS) is 10.7. The lowest BCUT2D eigenvalue weighted by Gasteiger charge is -2.08. The van der Waals surface area contributed by atoms with Gasteiger partial charge in [0.05, 0.1) is 0 Å². The molecular formula is C19H25N3O3S. The van der Waals surface area contributed by atoms with E-state index in [2.05, 4.69) is 21.7 Å². The zero-order valence-electron chi connectivity index (χ0n) is 15.6. The highest BCUT2D eigenvalue weighted by Crippen LogP contribution is 2.19. The van der Waals surface area contributed by atoms with E-state index < -0.39 is 0 Å². The maximum Gasteiger partial charge on any atom is 0.270 e. The number of nitrogens with one attached hydrogen (secondary N) is 2. The summed E-state index contributed by atoms with van der Waals surface area (Å²) in [6, 6.07) is 6.03. The maximum atomic E-state index is 12.1. The number of carbonyl (C=O) groups excluding carboxylic acids is 2. The summed E-state index contributed by atoms with van der Waals surface area (Å²) in [5, 5.41) is 7.94. The Labute approximate surface area is 158 Å². The Morgan fingerprint density at radius 1 is 1.12 bits per heavy atom. The van der Waals surface area contributed by atoms with Gasteiger partial charge in [-0.2, -0.15) is 0 Å². The topological polar surface area (TPSA) is 80.3 Å². The number of aromatic nitrogens is 1. The monoisotopic (exact) mass is 375 g/mol. The number of thiazole rings is 1. The summed E-state index contributed by atoms with van der Waals surface area (Å²) in [6.45, 7) is 8.78. The third kappa shape index (κ3) is 6.15. The minimum absolute atomic E-state index is 0.0290. The molecule has 0 aliphatic rings. The van der Waals surface area contributed by atoms with E-state index in [1.807, 2.05) is 39.8 Å². The first-order valence-corrected chi connectivity index (χ1v) is 9.44. The van der Waals surface area contributed by atoms with Crippen molar-refractivity contribution in [3.05, 3.63) is 45.4 Å². The molecule has 0 aliphatic heterocycles. The van der Waals surface area contributed by atoms with Gasteiger partial charge in [0.2, 0.25) is 5.91 Å². The van der Waals surface area contributed by atoms with Crippen LogP contribution in [0.4, 0.5) is 0 Å². The van der Waals surface area contributed by atoms with Crippen molar-refractivity contribution in [2.24, 2.45) is 5.92 Å². The van der Waals surface area contributed by atoms with Crippen molar-refractivity contribution >= 4 is 23.2 Å². The summed E-state index contributed by atoms with van der Waals surface area (Å²) in [5.74, 6) is 0.449. The van der Waals surface area contributed by atoms with Gasteiger partial charge in [-0.3, -0.25) is 9.59 Å². The molecule has 1 heterocycles. The molecule has 1 aromatic carbocycles. The van der Waals surface area contributed by atoms with Gasteiger partial charge in [-0.15, -0.1) is 11.3 Å². The van der Waals surface area contributed by atoms with E-state index in [0.29, 0.717) is 25.4 Å². The van der Waals surface area contributed by atoms with E-state index in [1.165, 1.54) is 11.3 Å². The minimum Gasteiger partial charge on any atom is -0.486 e. The quantitative estimate of drug-likeness (QED) is 0.695. The number of carbonyl (C=O) groups is 2. The summed E-state index contributed by atoms with van der Waals surface area (Å²) < 4.78 is 5.76. The van der Waals surface area contributed by atoms with E-state index in [4.69, 9.17) is 4.74 Å². The number of benzene rings is 1. The van der Waals surface area contributed by atoms with Crippen molar-refractivity contribution in [2.45, 2.75) is 34.3 Å². The van der Waals surface area contributed by atoms with E-state index >= 15 is 0 Å². The lowest BCUT2D eigenvalue weighted by Crippen LogP contribution is -2.36. The Kier molecular flexibility index (Phi) is 7.15. The fraction of sp³-hybridized carbons (Fsp3) is 0.421. The van der Waals surface area contributed by atoms with Gasteiger partial charge in [0, 0.05) is 24.4 Å². The van der Waals surface area contributed by atoms with Crippen LogP contribution in [0.25, 0.3) is 0 Å². The molecule has 2 amide bonds. The van der Waals surface area contributed by atoms with Crippen LogP contribution in [0.15, 0.2) is 23.6 Å². The van der Waals surface area contributed by atoms with Gasteiger partial charge in [0.15, 0.2) is 0 Å². The van der Waals surface area contributed by atoms with E-state index in [9.17, 15) is 9.59 Å². The summed E-state index contributed by atoms with van der Waals surface area (Å²) in [5.41, 5.74) is 2.65. The van der Waals surface area contributed by atoms with Gasteiger partial charge >= 0.3 is 0 Å². The molecule has 2 N–H and O–H groups in total. The van der Waals surface area contributed by atoms with Crippen LogP contribution in [0.3, 0.4) is 0 Å². The zero-order chi connectivity index (χ0) is 19.1. The minimum atomic E-state index is -0.252. The average molecular weight is 375 g/mol. The number of ether oxygens (including phenoxy) is 1. The van der Waals surface area contributed by atoms with E-state index in [-0.39, 0.29) is 17.7 Å². The summed E-state index contributed by atoms with van der Waals surface area (Å²) >= 11 is 1.39. The lowest BCUT2D eigenvalue weighted by atomic mass is 10.1. The van der Waals surface area contributed by atoms with E-state index in [1.54, 1.807) is 5.38 Å². The molecule has 0 spiro atoms. The van der Waals surface area contributed by atoms with Crippen LogP contribution in [0, 0.1) is 19.8 Å². The third-order valence-electron chi connectivity index (χ3n) is 3.58. The van der Waals surface area contributed by atoms with Crippen LogP contribution in [-0.2, 0) is 11.4 Å². The van der Waals surface area contributed by atoms with Gasteiger partial charge in [-0.25, -0.2) is 4.98 Å². The highest BCUT2D eigenvalue weighted by molar-refractivity contribution is 7.09. The number of nitrogens with zero attached hydrogens (tertiary/aromatic N) is 1. The standard InChI is InChI=1S/C19H25N3O3S/c1-12(2)18(23)20-5-6-21-19(24)16-11-26-17(22-16)10-25-15-8-13(3)7-14(4)9-15/h7-9,11-12H,5-6,10H2,1-4H3,(H,20,23)(H,21,24). The van der Waals surface area contributed by atoms with Crippen molar-refractivity contribution in [1.29, 1.82) is 0 Å². The van der Waals surface area contributed by atoms with Crippen molar-refractivity contribution in [2.75, 3.05) is 13.1 Å². The number of amides is 2. The summed E-state index contributed by atoms with van der Waals surface area (Å²) in [7, 11) is 0. The van der Waals surface area contributed by atoms with Crippen LogP contribution in [0.5, 0.6) is 5.75 Å². The van der Waals surface area contributed by atoms with Gasteiger partial charge < -0.3 is 15.4 Å². The first kappa shape index (κ1) is 19.9. The predicted octanol–water partition coefficient (Wildman–Crippen LogP) is 2.84. The van der Waals surface area contributed by atoms with Crippen molar-refractivity contribution < 1.29 is 14.3 Å². The Morgan fingerprint density at radius 3 is 2.42 bits per heavy atom. The number of aryl methyl sites for hydroxylation is 2. The van der Waals surface area contributed by atoms with Crippen molar-refractivity contribution in [3.8, 4) is 5.75 Å². The molecule has 140 valence electrons. The van der Waals surface area contributed by atoms with E-state index in [0.717, 1.165) is 21.9 Å². The predicted molar refractivity (Wildman–Crippen MR) is 103 cm³/mol. The first-order chi connectivity index (χ1) is 12.3. The summed E-state index contributed by atoms with van der Waals surface area (Å²) in [4.78, 5) is 27.8. The fourth-order valence-electron chi connectivity index (χ4n) is 2.30.